The summed E-state index contributed by atoms with van der Waals surface area (Å²) in [6, 6.07) is 7.95. The molecular formula is C19H20N2O2. The first-order chi connectivity index (χ1) is 11.2. The molecule has 0 aliphatic heterocycles. The van der Waals surface area contributed by atoms with Crippen molar-refractivity contribution in [3.63, 3.8) is 0 Å². The smallest absolute Gasteiger partial charge is 0.306 e. The molecule has 2 aliphatic carbocycles. The van der Waals surface area contributed by atoms with Crippen LogP contribution in [0.4, 0.5) is 0 Å². The first-order valence-corrected chi connectivity index (χ1v) is 8.39. The van der Waals surface area contributed by atoms with Gasteiger partial charge < -0.3 is 9.14 Å². The highest BCUT2D eigenvalue weighted by Gasteiger charge is 2.40. The number of ether oxygens (including phenoxy) is 1. The lowest BCUT2D eigenvalue weighted by Gasteiger charge is -2.20. The maximum absolute atomic E-state index is 12.2. The molecule has 0 radical (unpaired) electrons. The van der Waals surface area contributed by atoms with Crippen molar-refractivity contribution in [2.24, 2.45) is 17.8 Å². The van der Waals surface area contributed by atoms with Gasteiger partial charge in [-0.1, -0.05) is 12.5 Å². The number of carbonyl (C=O) groups is 1. The number of fused-ring (bicyclic) bond motifs is 3. The molecule has 4 rings (SSSR count). The van der Waals surface area contributed by atoms with E-state index in [0.29, 0.717) is 17.9 Å². The van der Waals surface area contributed by atoms with Crippen molar-refractivity contribution in [1.29, 1.82) is 5.26 Å². The van der Waals surface area contributed by atoms with Gasteiger partial charge >= 0.3 is 5.97 Å². The maximum Gasteiger partial charge on any atom is 0.306 e. The van der Waals surface area contributed by atoms with Crippen LogP contribution in [0.3, 0.4) is 0 Å². The van der Waals surface area contributed by atoms with E-state index in [1.54, 1.807) is 0 Å². The van der Waals surface area contributed by atoms with E-state index >= 15 is 0 Å². The number of nitriles is 1. The number of esters is 1. The Kier molecular flexibility index (Phi) is 3.57. The molecule has 2 bridgehead atoms. The van der Waals surface area contributed by atoms with Crippen molar-refractivity contribution in [1.82, 2.24) is 4.40 Å². The molecule has 2 aliphatic rings. The van der Waals surface area contributed by atoms with Crippen molar-refractivity contribution in [3.05, 3.63) is 41.7 Å². The summed E-state index contributed by atoms with van der Waals surface area (Å²) in [4.78, 5) is 12.2. The van der Waals surface area contributed by atoms with Gasteiger partial charge in [0.25, 0.3) is 0 Å². The van der Waals surface area contributed by atoms with E-state index in [9.17, 15) is 10.1 Å². The SMILES string of the molecule is N#Cc1c(COC(=O)CC2CC3CCC2C3)cn2ccccc12. The molecule has 0 aromatic carbocycles. The zero-order valence-electron chi connectivity index (χ0n) is 13.1. The van der Waals surface area contributed by atoms with Crippen LogP contribution < -0.4 is 0 Å². The highest BCUT2D eigenvalue weighted by atomic mass is 16.5. The van der Waals surface area contributed by atoms with Crippen molar-refractivity contribution in [2.45, 2.75) is 38.7 Å². The van der Waals surface area contributed by atoms with Gasteiger partial charge in [0, 0.05) is 24.4 Å². The van der Waals surface area contributed by atoms with E-state index in [-0.39, 0.29) is 12.6 Å². The Labute approximate surface area is 135 Å². The minimum Gasteiger partial charge on any atom is -0.461 e. The molecule has 0 N–H and O–H groups in total. The second-order valence-electron chi connectivity index (χ2n) is 6.93. The Hall–Kier alpha value is -2.28. The third kappa shape index (κ3) is 2.61. The van der Waals surface area contributed by atoms with Crippen LogP contribution in [0.2, 0.25) is 0 Å². The number of hydrogen-bond donors (Lipinski definition) is 0. The van der Waals surface area contributed by atoms with Gasteiger partial charge in [0.1, 0.15) is 12.7 Å². The van der Waals surface area contributed by atoms with Crippen LogP contribution in [0.15, 0.2) is 30.6 Å². The molecule has 2 fully saturated rings. The lowest BCUT2D eigenvalue weighted by Crippen LogP contribution is -2.17. The van der Waals surface area contributed by atoms with Gasteiger partial charge in [-0.15, -0.1) is 0 Å². The van der Waals surface area contributed by atoms with Crippen molar-refractivity contribution in [2.75, 3.05) is 0 Å². The summed E-state index contributed by atoms with van der Waals surface area (Å²) in [6.45, 7) is 0.185. The molecule has 3 atom stereocenters. The van der Waals surface area contributed by atoms with E-state index in [4.69, 9.17) is 4.74 Å². The van der Waals surface area contributed by atoms with Crippen LogP contribution in [-0.2, 0) is 16.1 Å². The summed E-state index contributed by atoms with van der Waals surface area (Å²) in [5.74, 6) is 1.98. The highest BCUT2D eigenvalue weighted by molar-refractivity contribution is 5.70. The molecule has 4 heteroatoms. The van der Waals surface area contributed by atoms with Crippen molar-refractivity contribution >= 4 is 11.5 Å². The first-order valence-electron chi connectivity index (χ1n) is 8.39. The summed E-state index contributed by atoms with van der Waals surface area (Å²) in [7, 11) is 0. The number of pyridine rings is 1. The van der Waals surface area contributed by atoms with Gasteiger partial charge in [-0.2, -0.15) is 5.26 Å². The Morgan fingerprint density at radius 1 is 1.35 bits per heavy atom. The summed E-state index contributed by atoms with van der Waals surface area (Å²) >= 11 is 0. The monoisotopic (exact) mass is 308 g/mol. The molecule has 0 spiro atoms. The minimum absolute atomic E-state index is 0.123. The average Bonchev–Trinajstić information content (AvgIpc) is 3.25. The standard InChI is InChI=1S/C19H20N2O2/c20-10-17-16(11-21-6-2-1-3-18(17)21)12-23-19(22)9-15-8-13-4-5-14(15)7-13/h1-3,6,11,13-15H,4-5,7-9,12H2. The van der Waals surface area contributed by atoms with Gasteiger partial charge in [-0.25, -0.2) is 0 Å². The number of nitrogens with zero attached hydrogens (tertiary/aromatic N) is 2. The Morgan fingerprint density at radius 3 is 3.00 bits per heavy atom. The molecule has 3 unspecified atom stereocenters. The van der Waals surface area contributed by atoms with E-state index in [0.717, 1.165) is 22.9 Å². The normalized spacial score (nSPS) is 25.6. The van der Waals surface area contributed by atoms with E-state index in [1.165, 1.54) is 25.7 Å². The Bertz CT molecular complexity index is 786. The van der Waals surface area contributed by atoms with Crippen LogP contribution in [0.25, 0.3) is 5.52 Å². The molecule has 2 aromatic heterocycles. The van der Waals surface area contributed by atoms with E-state index in [2.05, 4.69) is 6.07 Å². The van der Waals surface area contributed by atoms with Gasteiger partial charge in [0.2, 0.25) is 0 Å². The maximum atomic E-state index is 12.2. The topological polar surface area (TPSA) is 54.5 Å². The quantitative estimate of drug-likeness (QED) is 0.810. The molecule has 23 heavy (non-hydrogen) atoms. The summed E-state index contributed by atoms with van der Waals surface area (Å²) < 4.78 is 7.37. The minimum atomic E-state index is -0.123. The Balaban J connectivity index is 1.41. The highest BCUT2D eigenvalue weighted by Crippen LogP contribution is 2.49. The fourth-order valence-electron chi connectivity index (χ4n) is 4.47. The molecule has 2 saturated carbocycles. The summed E-state index contributed by atoms with van der Waals surface area (Å²) in [5.41, 5.74) is 2.23. The third-order valence-electron chi connectivity index (χ3n) is 5.58. The molecule has 4 nitrogen and oxygen atoms in total. The lowest BCUT2D eigenvalue weighted by atomic mass is 9.86. The molecule has 0 saturated heterocycles. The second kappa shape index (κ2) is 5.73. The summed E-state index contributed by atoms with van der Waals surface area (Å²) in [6.07, 6.45) is 9.44. The summed E-state index contributed by atoms with van der Waals surface area (Å²) in [5, 5.41) is 9.37. The van der Waals surface area contributed by atoms with Crippen LogP contribution in [0.5, 0.6) is 0 Å². The third-order valence-corrected chi connectivity index (χ3v) is 5.58. The molecule has 0 amide bonds. The van der Waals surface area contributed by atoms with Gasteiger partial charge in [-0.05, 0) is 49.1 Å². The number of aromatic nitrogens is 1. The Morgan fingerprint density at radius 2 is 2.26 bits per heavy atom. The molecular weight excluding hydrogens is 288 g/mol. The first kappa shape index (κ1) is 14.3. The number of hydrogen-bond acceptors (Lipinski definition) is 3. The van der Waals surface area contributed by atoms with Crippen LogP contribution in [0.1, 0.15) is 43.2 Å². The zero-order valence-corrected chi connectivity index (χ0v) is 13.1. The number of carbonyl (C=O) groups excluding carboxylic acids is 1. The molecule has 118 valence electrons. The van der Waals surface area contributed by atoms with Gasteiger partial charge in [0.05, 0.1) is 11.1 Å². The largest absolute Gasteiger partial charge is 0.461 e. The fraction of sp³-hybridized carbons (Fsp3) is 0.474. The number of rotatable bonds is 4. The van der Waals surface area contributed by atoms with Gasteiger partial charge in [-0.3, -0.25) is 4.79 Å². The molecule has 2 aromatic rings. The lowest BCUT2D eigenvalue weighted by molar-refractivity contribution is -0.146. The van der Waals surface area contributed by atoms with Gasteiger partial charge in [0.15, 0.2) is 0 Å². The van der Waals surface area contributed by atoms with E-state index < -0.39 is 0 Å². The fourth-order valence-corrected chi connectivity index (χ4v) is 4.47. The molecule has 2 heterocycles. The van der Waals surface area contributed by atoms with Crippen molar-refractivity contribution in [3.8, 4) is 6.07 Å². The predicted molar refractivity (Wildman–Crippen MR) is 85.5 cm³/mol. The zero-order chi connectivity index (χ0) is 15.8. The second-order valence-corrected chi connectivity index (χ2v) is 6.93. The van der Waals surface area contributed by atoms with Crippen LogP contribution in [-0.4, -0.2) is 10.4 Å². The van der Waals surface area contributed by atoms with Crippen LogP contribution in [0, 0.1) is 29.1 Å². The van der Waals surface area contributed by atoms with E-state index in [1.807, 2.05) is 35.0 Å². The van der Waals surface area contributed by atoms with Crippen LogP contribution >= 0.6 is 0 Å². The van der Waals surface area contributed by atoms with Crippen molar-refractivity contribution < 1.29 is 9.53 Å². The predicted octanol–water partition coefficient (Wildman–Crippen LogP) is 3.68. The average molecular weight is 308 g/mol.